The molecule has 0 aliphatic heterocycles. The van der Waals surface area contributed by atoms with Gasteiger partial charge in [0.2, 0.25) is 0 Å². The Labute approximate surface area is 92.1 Å². The molecule has 4 nitrogen and oxygen atoms in total. The lowest BCUT2D eigenvalue weighted by molar-refractivity contribution is -0.137. The van der Waals surface area contributed by atoms with E-state index >= 15 is 0 Å². The van der Waals surface area contributed by atoms with E-state index in [2.05, 4.69) is 9.97 Å². The molecule has 0 unspecified atom stereocenters. The molecule has 7 heteroatoms. The second kappa shape index (κ2) is 3.69. The van der Waals surface area contributed by atoms with E-state index in [1.165, 1.54) is 0 Å². The van der Waals surface area contributed by atoms with Crippen molar-refractivity contribution >= 4 is 17.2 Å². The number of aromatic amines is 1. The van der Waals surface area contributed by atoms with Crippen LogP contribution in [0.1, 0.15) is 16.1 Å². The number of H-pyrrole nitrogens is 1. The molecule has 2 rings (SSSR count). The standard InChI is InChI=1S/C10H5F3N2O2/c11-10(12,13)5-1-2-7-6(3-5)8(4-16)15-9(17)14-7/h1-4H,(H,14,15,17). The van der Waals surface area contributed by atoms with Crippen molar-refractivity contribution in [3.8, 4) is 0 Å². The molecule has 0 spiro atoms. The monoisotopic (exact) mass is 242 g/mol. The molecule has 0 saturated heterocycles. The Morgan fingerprint density at radius 3 is 2.59 bits per heavy atom. The Bertz CT molecular complexity index is 646. The Kier molecular flexibility index (Phi) is 2.45. The van der Waals surface area contributed by atoms with Crippen molar-refractivity contribution in [3.05, 3.63) is 39.9 Å². The average Bonchev–Trinajstić information content (AvgIpc) is 2.25. The second-order valence-electron chi connectivity index (χ2n) is 3.30. The lowest BCUT2D eigenvalue weighted by atomic mass is 10.1. The van der Waals surface area contributed by atoms with E-state index in [4.69, 9.17) is 0 Å². The molecular formula is C10H5F3N2O2. The van der Waals surface area contributed by atoms with E-state index in [0.717, 1.165) is 18.2 Å². The summed E-state index contributed by atoms with van der Waals surface area (Å²) in [6.07, 6.45) is -4.23. The highest BCUT2D eigenvalue weighted by Crippen LogP contribution is 2.31. The second-order valence-corrected chi connectivity index (χ2v) is 3.30. The number of nitrogens with one attached hydrogen (secondary N) is 1. The van der Waals surface area contributed by atoms with Crippen molar-refractivity contribution in [1.82, 2.24) is 9.97 Å². The van der Waals surface area contributed by atoms with Crippen molar-refractivity contribution in [2.45, 2.75) is 6.18 Å². The smallest absolute Gasteiger partial charge is 0.302 e. The van der Waals surface area contributed by atoms with Crippen LogP contribution in [0.25, 0.3) is 10.9 Å². The molecule has 0 saturated carbocycles. The van der Waals surface area contributed by atoms with Gasteiger partial charge in [0.05, 0.1) is 16.8 Å². The van der Waals surface area contributed by atoms with Crippen LogP contribution in [0.4, 0.5) is 13.2 Å². The number of hydrogen-bond donors (Lipinski definition) is 1. The summed E-state index contributed by atoms with van der Waals surface area (Å²) < 4.78 is 37.4. The number of hydrogen-bond acceptors (Lipinski definition) is 3. The van der Waals surface area contributed by atoms with E-state index in [-0.39, 0.29) is 22.9 Å². The van der Waals surface area contributed by atoms with E-state index < -0.39 is 17.4 Å². The summed E-state index contributed by atoms with van der Waals surface area (Å²) in [6, 6.07) is 2.64. The fourth-order valence-corrected chi connectivity index (χ4v) is 1.44. The third-order valence-electron chi connectivity index (χ3n) is 2.20. The molecule has 0 aliphatic rings. The van der Waals surface area contributed by atoms with Gasteiger partial charge in [-0.1, -0.05) is 0 Å². The van der Waals surface area contributed by atoms with Crippen LogP contribution in [0.3, 0.4) is 0 Å². The number of alkyl halides is 3. The number of halogens is 3. The molecule has 1 aromatic carbocycles. The molecule has 0 aliphatic carbocycles. The number of rotatable bonds is 1. The van der Waals surface area contributed by atoms with Crippen LogP contribution in [0.2, 0.25) is 0 Å². The van der Waals surface area contributed by atoms with Crippen molar-refractivity contribution in [1.29, 1.82) is 0 Å². The van der Waals surface area contributed by atoms with Gasteiger partial charge < -0.3 is 4.98 Å². The molecule has 0 atom stereocenters. The summed E-state index contributed by atoms with van der Waals surface area (Å²) in [5.41, 5.74) is -1.85. The minimum absolute atomic E-state index is 0.0329. The summed E-state index contributed by atoms with van der Waals surface area (Å²) in [5.74, 6) is 0. The van der Waals surface area contributed by atoms with E-state index in [0.29, 0.717) is 0 Å². The first-order valence-electron chi connectivity index (χ1n) is 4.48. The van der Waals surface area contributed by atoms with Crippen molar-refractivity contribution in [2.24, 2.45) is 0 Å². The summed E-state index contributed by atoms with van der Waals surface area (Å²) in [4.78, 5) is 27.2. The molecule has 0 fully saturated rings. The molecule has 1 N–H and O–H groups in total. The molecule has 0 amide bonds. The lowest BCUT2D eigenvalue weighted by Crippen LogP contribution is -2.13. The Balaban J connectivity index is 2.81. The fourth-order valence-electron chi connectivity index (χ4n) is 1.44. The molecule has 0 bridgehead atoms. The summed E-state index contributed by atoms with van der Waals surface area (Å²) >= 11 is 0. The SMILES string of the molecule is O=Cc1[nH]c(=O)nc2ccc(C(F)(F)F)cc12. The Morgan fingerprint density at radius 1 is 1.29 bits per heavy atom. The number of aromatic nitrogens is 2. The summed E-state index contributed by atoms with van der Waals surface area (Å²) in [6.45, 7) is 0. The third kappa shape index (κ3) is 2.03. The van der Waals surface area contributed by atoms with Gasteiger partial charge in [-0.25, -0.2) is 4.79 Å². The highest BCUT2D eigenvalue weighted by atomic mass is 19.4. The molecular weight excluding hydrogens is 237 g/mol. The maximum atomic E-state index is 12.5. The van der Waals surface area contributed by atoms with Crippen LogP contribution in [0, 0.1) is 0 Å². The molecule has 88 valence electrons. The minimum atomic E-state index is -4.51. The van der Waals surface area contributed by atoms with Crippen LogP contribution in [-0.4, -0.2) is 16.3 Å². The minimum Gasteiger partial charge on any atom is -0.302 e. The average molecular weight is 242 g/mol. The maximum absolute atomic E-state index is 12.5. The number of fused-ring (bicyclic) bond motifs is 1. The predicted molar refractivity (Wildman–Crippen MR) is 52.8 cm³/mol. The highest BCUT2D eigenvalue weighted by Gasteiger charge is 2.30. The summed E-state index contributed by atoms with van der Waals surface area (Å²) in [5, 5.41) is -0.0329. The Morgan fingerprint density at radius 2 is 2.00 bits per heavy atom. The predicted octanol–water partition coefficient (Wildman–Crippen LogP) is 1.75. The van der Waals surface area contributed by atoms with E-state index in [9.17, 15) is 22.8 Å². The van der Waals surface area contributed by atoms with Gasteiger partial charge in [0.1, 0.15) is 0 Å². The molecule has 17 heavy (non-hydrogen) atoms. The van der Waals surface area contributed by atoms with Crippen LogP contribution < -0.4 is 5.69 Å². The first-order valence-corrected chi connectivity index (χ1v) is 4.48. The van der Waals surface area contributed by atoms with E-state index in [1.807, 2.05) is 0 Å². The molecule has 1 aromatic heterocycles. The van der Waals surface area contributed by atoms with Gasteiger partial charge >= 0.3 is 11.9 Å². The van der Waals surface area contributed by atoms with Crippen LogP contribution >= 0.6 is 0 Å². The summed E-state index contributed by atoms with van der Waals surface area (Å²) in [7, 11) is 0. The molecule has 0 radical (unpaired) electrons. The Hall–Kier alpha value is -2.18. The van der Waals surface area contributed by atoms with Gasteiger partial charge in [-0.15, -0.1) is 0 Å². The van der Waals surface area contributed by atoms with Crippen LogP contribution in [-0.2, 0) is 6.18 Å². The van der Waals surface area contributed by atoms with Gasteiger partial charge in [0.15, 0.2) is 6.29 Å². The van der Waals surface area contributed by atoms with Crippen LogP contribution in [0.5, 0.6) is 0 Å². The molecule has 1 heterocycles. The van der Waals surface area contributed by atoms with E-state index in [1.54, 1.807) is 0 Å². The van der Waals surface area contributed by atoms with Crippen molar-refractivity contribution in [3.63, 3.8) is 0 Å². The number of nitrogens with zero attached hydrogens (tertiary/aromatic N) is 1. The topological polar surface area (TPSA) is 62.8 Å². The number of benzene rings is 1. The van der Waals surface area contributed by atoms with Gasteiger partial charge in [-0.3, -0.25) is 4.79 Å². The zero-order valence-corrected chi connectivity index (χ0v) is 8.21. The molecule has 2 aromatic rings. The normalized spacial score (nSPS) is 11.7. The number of carbonyl (C=O) groups excluding carboxylic acids is 1. The highest BCUT2D eigenvalue weighted by molar-refractivity contribution is 5.94. The lowest BCUT2D eigenvalue weighted by Gasteiger charge is -2.07. The van der Waals surface area contributed by atoms with Gasteiger partial charge in [0, 0.05) is 5.39 Å². The first-order chi connectivity index (χ1) is 7.91. The van der Waals surface area contributed by atoms with Crippen LogP contribution in [0.15, 0.2) is 23.0 Å². The van der Waals surface area contributed by atoms with Crippen molar-refractivity contribution in [2.75, 3.05) is 0 Å². The van der Waals surface area contributed by atoms with Gasteiger partial charge in [-0.2, -0.15) is 18.2 Å². The number of aldehydes is 1. The number of carbonyl (C=O) groups is 1. The van der Waals surface area contributed by atoms with Gasteiger partial charge in [-0.05, 0) is 18.2 Å². The maximum Gasteiger partial charge on any atom is 0.416 e. The zero-order valence-electron chi connectivity index (χ0n) is 8.21. The quantitative estimate of drug-likeness (QED) is 0.775. The largest absolute Gasteiger partial charge is 0.416 e. The zero-order chi connectivity index (χ0) is 12.6. The first kappa shape index (κ1) is 11.3. The fraction of sp³-hybridized carbons (Fsp3) is 0.100. The van der Waals surface area contributed by atoms with Gasteiger partial charge in [0.25, 0.3) is 0 Å². The third-order valence-corrected chi connectivity index (χ3v) is 2.20. The van der Waals surface area contributed by atoms with Crippen molar-refractivity contribution < 1.29 is 18.0 Å².